The second kappa shape index (κ2) is 6.74. The van der Waals surface area contributed by atoms with Crippen LogP contribution in [0, 0.1) is 17.8 Å². The highest BCUT2D eigenvalue weighted by atomic mass is 19.4. The molecule has 2 aromatic rings. The fourth-order valence-electron chi connectivity index (χ4n) is 4.34. The minimum Gasteiger partial charge on any atom is -0.494 e. The number of rotatable bonds is 6. The highest BCUT2D eigenvalue weighted by Gasteiger charge is 2.55. The zero-order valence-corrected chi connectivity index (χ0v) is 15.0. The number of benzene rings is 1. The summed E-state index contributed by atoms with van der Waals surface area (Å²) < 4.78 is 43.2. The molecule has 2 heterocycles. The van der Waals surface area contributed by atoms with Crippen LogP contribution < -0.4 is 10.1 Å². The van der Waals surface area contributed by atoms with Crippen molar-refractivity contribution in [3.05, 3.63) is 24.4 Å². The van der Waals surface area contributed by atoms with E-state index in [0.717, 1.165) is 23.1 Å². The minimum absolute atomic E-state index is 0.137. The molecule has 1 aromatic heterocycles. The third-order valence-electron chi connectivity index (χ3n) is 5.53. The van der Waals surface area contributed by atoms with Crippen LogP contribution in [0.3, 0.4) is 0 Å². The zero-order valence-electron chi connectivity index (χ0n) is 15.0. The molecule has 1 aliphatic carbocycles. The number of carbonyl (C=O) groups is 1. The number of hydrogen-bond donors (Lipinski definition) is 2. The molecule has 1 aromatic carbocycles. The second-order valence-electron chi connectivity index (χ2n) is 7.53. The van der Waals surface area contributed by atoms with E-state index >= 15 is 0 Å². The second-order valence-corrected chi connectivity index (χ2v) is 7.53. The number of aromatic amines is 1. The lowest BCUT2D eigenvalue weighted by Crippen LogP contribution is -2.34. The SMILES string of the molecule is CC(=O)Nc1c[nH]c2ccc(OCCC3[C@H]4CN(CC(F)(F)F)C[C@@H]34)cc12. The topological polar surface area (TPSA) is 57.4 Å². The van der Waals surface area contributed by atoms with E-state index in [4.69, 9.17) is 4.74 Å². The lowest BCUT2D eigenvalue weighted by molar-refractivity contribution is -0.145. The van der Waals surface area contributed by atoms with Crippen molar-refractivity contribution in [1.29, 1.82) is 0 Å². The van der Waals surface area contributed by atoms with Gasteiger partial charge in [0.25, 0.3) is 0 Å². The Morgan fingerprint density at radius 2 is 2.07 bits per heavy atom. The van der Waals surface area contributed by atoms with Gasteiger partial charge < -0.3 is 15.0 Å². The number of fused-ring (bicyclic) bond motifs is 2. The van der Waals surface area contributed by atoms with E-state index in [9.17, 15) is 18.0 Å². The third kappa shape index (κ3) is 4.05. The van der Waals surface area contributed by atoms with E-state index in [1.807, 2.05) is 18.2 Å². The molecule has 3 atom stereocenters. The largest absolute Gasteiger partial charge is 0.494 e. The number of ether oxygens (including phenoxy) is 1. The molecule has 146 valence electrons. The van der Waals surface area contributed by atoms with Crippen molar-refractivity contribution in [3.63, 3.8) is 0 Å². The molecule has 0 radical (unpaired) electrons. The van der Waals surface area contributed by atoms with Crippen molar-refractivity contribution in [2.24, 2.45) is 17.8 Å². The van der Waals surface area contributed by atoms with Crippen molar-refractivity contribution >= 4 is 22.5 Å². The first-order valence-electron chi connectivity index (χ1n) is 9.11. The first kappa shape index (κ1) is 18.2. The van der Waals surface area contributed by atoms with Gasteiger partial charge in [0.1, 0.15) is 5.75 Å². The fraction of sp³-hybridized carbons (Fsp3) is 0.526. The summed E-state index contributed by atoms with van der Waals surface area (Å²) in [4.78, 5) is 15.9. The molecule has 2 fully saturated rings. The fourth-order valence-corrected chi connectivity index (χ4v) is 4.34. The van der Waals surface area contributed by atoms with Gasteiger partial charge in [0.2, 0.25) is 5.91 Å². The molecule has 2 N–H and O–H groups in total. The maximum Gasteiger partial charge on any atom is 0.401 e. The number of likely N-dealkylation sites (tertiary alicyclic amines) is 1. The zero-order chi connectivity index (χ0) is 19.2. The predicted molar refractivity (Wildman–Crippen MR) is 95.7 cm³/mol. The van der Waals surface area contributed by atoms with Gasteiger partial charge in [-0.2, -0.15) is 13.2 Å². The van der Waals surface area contributed by atoms with Crippen molar-refractivity contribution in [2.75, 3.05) is 31.6 Å². The number of carbonyl (C=O) groups excluding carboxylic acids is 1. The molecule has 8 heteroatoms. The van der Waals surface area contributed by atoms with Gasteiger partial charge in [-0.1, -0.05) is 0 Å². The van der Waals surface area contributed by atoms with Crippen LogP contribution in [-0.2, 0) is 4.79 Å². The molecule has 0 spiro atoms. The summed E-state index contributed by atoms with van der Waals surface area (Å²) in [6.45, 7) is 2.30. The highest BCUT2D eigenvalue weighted by molar-refractivity contribution is 6.01. The molecule has 1 saturated carbocycles. The molecule has 1 unspecified atom stereocenters. The molecular formula is C19H22F3N3O2. The third-order valence-corrected chi connectivity index (χ3v) is 5.53. The first-order valence-corrected chi connectivity index (χ1v) is 9.11. The number of halogens is 3. The number of piperidine rings is 1. The quantitative estimate of drug-likeness (QED) is 0.803. The van der Waals surface area contributed by atoms with Crippen molar-refractivity contribution in [1.82, 2.24) is 9.88 Å². The summed E-state index contributed by atoms with van der Waals surface area (Å²) in [6, 6.07) is 5.65. The number of amides is 1. The molecule has 0 bridgehead atoms. The van der Waals surface area contributed by atoms with Gasteiger partial charge >= 0.3 is 6.18 Å². The van der Waals surface area contributed by atoms with Crippen LogP contribution in [-0.4, -0.2) is 48.2 Å². The number of alkyl halides is 3. The van der Waals surface area contributed by atoms with E-state index in [0.29, 0.717) is 43.1 Å². The smallest absolute Gasteiger partial charge is 0.401 e. The van der Waals surface area contributed by atoms with Gasteiger partial charge in [-0.25, -0.2) is 0 Å². The number of H-pyrrole nitrogens is 1. The summed E-state index contributed by atoms with van der Waals surface area (Å²) >= 11 is 0. The van der Waals surface area contributed by atoms with E-state index < -0.39 is 12.7 Å². The van der Waals surface area contributed by atoms with Gasteiger partial charge in [-0.05, 0) is 42.4 Å². The highest BCUT2D eigenvalue weighted by Crippen LogP contribution is 2.53. The van der Waals surface area contributed by atoms with Crippen LogP contribution >= 0.6 is 0 Å². The van der Waals surface area contributed by atoms with Gasteiger partial charge in [-0.3, -0.25) is 9.69 Å². The van der Waals surface area contributed by atoms with E-state index in [1.165, 1.54) is 11.8 Å². The Morgan fingerprint density at radius 3 is 2.74 bits per heavy atom. The molecule has 2 aliphatic rings. The Hall–Kier alpha value is -2.22. The van der Waals surface area contributed by atoms with Crippen LogP contribution in [0.2, 0.25) is 0 Å². The monoisotopic (exact) mass is 381 g/mol. The van der Waals surface area contributed by atoms with Crippen LogP contribution in [0.1, 0.15) is 13.3 Å². The summed E-state index contributed by atoms with van der Waals surface area (Å²) in [5, 5.41) is 3.66. The molecule has 5 nitrogen and oxygen atoms in total. The lowest BCUT2D eigenvalue weighted by Gasteiger charge is -2.20. The minimum atomic E-state index is -4.11. The molecule has 27 heavy (non-hydrogen) atoms. The molecule has 4 rings (SSSR count). The maximum atomic E-state index is 12.4. The summed E-state index contributed by atoms with van der Waals surface area (Å²) in [7, 11) is 0. The number of hydrogen-bond acceptors (Lipinski definition) is 3. The maximum absolute atomic E-state index is 12.4. The Labute approximate surface area is 154 Å². The van der Waals surface area contributed by atoms with Gasteiger partial charge in [0, 0.05) is 37.1 Å². The average Bonchev–Trinajstić information content (AvgIpc) is 2.92. The van der Waals surface area contributed by atoms with Gasteiger partial charge in [0.05, 0.1) is 18.8 Å². The Balaban J connectivity index is 1.27. The van der Waals surface area contributed by atoms with Crippen LogP contribution in [0.4, 0.5) is 18.9 Å². The van der Waals surface area contributed by atoms with Gasteiger partial charge in [0.15, 0.2) is 0 Å². The molecular weight excluding hydrogens is 359 g/mol. The van der Waals surface area contributed by atoms with Crippen molar-refractivity contribution in [2.45, 2.75) is 19.5 Å². The van der Waals surface area contributed by atoms with Crippen LogP contribution in [0.5, 0.6) is 5.75 Å². The van der Waals surface area contributed by atoms with E-state index in [2.05, 4.69) is 10.3 Å². The average molecular weight is 381 g/mol. The number of aromatic nitrogens is 1. The lowest BCUT2D eigenvalue weighted by atomic mass is 10.2. The van der Waals surface area contributed by atoms with Crippen LogP contribution in [0.25, 0.3) is 10.9 Å². The summed E-state index contributed by atoms with van der Waals surface area (Å²) in [5.74, 6) is 1.82. The standard InChI is InChI=1S/C19H22F3N3O2/c1-11(26)24-18-7-23-17-3-2-12(6-14(17)18)27-5-4-13-15-8-25(9-16(13)15)10-19(20,21)22/h2-3,6-7,13,15-16,23H,4-5,8-10H2,1H3,(H,24,26)/t13?,15-,16+. The van der Waals surface area contributed by atoms with Crippen molar-refractivity contribution < 1.29 is 22.7 Å². The van der Waals surface area contributed by atoms with Gasteiger partial charge in [-0.15, -0.1) is 0 Å². The normalized spacial score (nSPS) is 24.8. The number of nitrogens with zero attached hydrogens (tertiary/aromatic N) is 1. The molecule has 1 aliphatic heterocycles. The van der Waals surface area contributed by atoms with E-state index in [-0.39, 0.29) is 5.91 Å². The number of nitrogens with one attached hydrogen (secondary N) is 2. The summed E-state index contributed by atoms with van der Waals surface area (Å²) in [5.41, 5.74) is 1.62. The predicted octanol–water partition coefficient (Wildman–Crippen LogP) is 3.64. The molecule has 1 amide bonds. The van der Waals surface area contributed by atoms with Crippen LogP contribution in [0.15, 0.2) is 24.4 Å². The van der Waals surface area contributed by atoms with Crippen molar-refractivity contribution in [3.8, 4) is 5.75 Å². The summed E-state index contributed by atoms with van der Waals surface area (Å²) in [6.07, 6.45) is -1.50. The first-order chi connectivity index (χ1) is 12.8. The Morgan fingerprint density at radius 1 is 1.33 bits per heavy atom. The Kier molecular flexibility index (Phi) is 4.53. The molecule has 1 saturated heterocycles. The Bertz CT molecular complexity index is 836. The van der Waals surface area contributed by atoms with E-state index in [1.54, 1.807) is 6.20 Å². The number of anilines is 1.